The van der Waals surface area contributed by atoms with E-state index in [0.717, 1.165) is 12.5 Å². The van der Waals surface area contributed by atoms with E-state index in [1.54, 1.807) is 0 Å². The van der Waals surface area contributed by atoms with Crippen molar-refractivity contribution < 1.29 is 37.7 Å². The Labute approximate surface area is 162 Å². The van der Waals surface area contributed by atoms with Gasteiger partial charge in [0.1, 0.15) is 18.8 Å². The van der Waals surface area contributed by atoms with Crippen molar-refractivity contribution in [3.63, 3.8) is 0 Å². The van der Waals surface area contributed by atoms with Crippen LogP contribution < -0.4 is 5.32 Å². The molecule has 1 aromatic carbocycles. The third kappa shape index (κ3) is 6.28. The molecule has 0 radical (unpaired) electrons. The Bertz CT molecular complexity index is 684. The Morgan fingerprint density at radius 3 is 2.36 bits per heavy atom. The van der Waals surface area contributed by atoms with E-state index < -0.39 is 48.6 Å². The van der Waals surface area contributed by atoms with E-state index in [0.29, 0.717) is 0 Å². The van der Waals surface area contributed by atoms with Gasteiger partial charge in [-0.1, -0.05) is 30.3 Å². The summed E-state index contributed by atoms with van der Waals surface area (Å²) in [6.07, 6.45) is -5.55. The fourth-order valence-electron chi connectivity index (χ4n) is 2.84. The maximum Gasteiger partial charge on any atom is 0.303 e. The second-order valence-corrected chi connectivity index (χ2v) is 6.39. The van der Waals surface area contributed by atoms with Crippen LogP contribution >= 0.6 is 0 Å². The minimum atomic E-state index is -1.84. The molecule has 0 spiro atoms. The maximum absolute atomic E-state index is 15.0. The number of nitrogens with one attached hydrogen (secondary N) is 1. The number of amides is 1. The number of esters is 2. The molecule has 1 saturated heterocycles. The number of carbonyl (C=O) groups is 3. The van der Waals surface area contributed by atoms with Gasteiger partial charge in [0, 0.05) is 20.8 Å². The Morgan fingerprint density at radius 2 is 1.79 bits per heavy atom. The Hall–Kier alpha value is -2.52. The second-order valence-electron chi connectivity index (χ2n) is 6.39. The molecule has 5 atom stereocenters. The topological polar surface area (TPSA) is 100 Å². The van der Waals surface area contributed by atoms with E-state index in [1.807, 2.05) is 30.3 Å². The molecule has 1 fully saturated rings. The van der Waals surface area contributed by atoms with E-state index in [1.165, 1.54) is 13.8 Å². The molecule has 1 aliphatic heterocycles. The molecule has 0 bridgehead atoms. The van der Waals surface area contributed by atoms with Crippen molar-refractivity contribution >= 4 is 17.8 Å². The Morgan fingerprint density at radius 1 is 1.11 bits per heavy atom. The molecule has 1 aliphatic rings. The van der Waals surface area contributed by atoms with Crippen LogP contribution in [0.15, 0.2) is 30.3 Å². The van der Waals surface area contributed by atoms with Gasteiger partial charge in [-0.05, 0) is 5.56 Å². The predicted molar refractivity (Wildman–Crippen MR) is 94.6 cm³/mol. The smallest absolute Gasteiger partial charge is 0.303 e. The molecule has 8 nitrogen and oxygen atoms in total. The van der Waals surface area contributed by atoms with Crippen LogP contribution in [0.4, 0.5) is 4.39 Å². The lowest BCUT2D eigenvalue weighted by molar-refractivity contribution is -0.266. The highest BCUT2D eigenvalue weighted by Gasteiger charge is 2.49. The maximum atomic E-state index is 15.0. The first-order valence-electron chi connectivity index (χ1n) is 8.80. The normalized spacial score (nSPS) is 26.9. The average Bonchev–Trinajstić information content (AvgIpc) is 2.63. The number of carbonyl (C=O) groups excluding carboxylic acids is 3. The minimum Gasteiger partial charge on any atom is -0.463 e. The van der Waals surface area contributed by atoms with E-state index >= 15 is 0 Å². The van der Waals surface area contributed by atoms with E-state index in [9.17, 15) is 18.8 Å². The zero-order chi connectivity index (χ0) is 20.7. The summed E-state index contributed by atoms with van der Waals surface area (Å²) in [5.41, 5.74) is 0.829. The molecule has 0 saturated carbocycles. The van der Waals surface area contributed by atoms with Gasteiger partial charge in [0.05, 0.1) is 6.61 Å². The molecular weight excluding hydrogens is 373 g/mol. The average molecular weight is 397 g/mol. The summed E-state index contributed by atoms with van der Waals surface area (Å²) in [6.45, 7) is 3.30. The molecule has 1 heterocycles. The highest BCUT2D eigenvalue weighted by Crippen LogP contribution is 2.28. The minimum absolute atomic E-state index is 0.117. The van der Waals surface area contributed by atoms with Crippen molar-refractivity contribution in [3.8, 4) is 0 Å². The zero-order valence-electron chi connectivity index (χ0n) is 15.9. The van der Waals surface area contributed by atoms with Gasteiger partial charge in [-0.25, -0.2) is 4.39 Å². The lowest BCUT2D eigenvalue weighted by atomic mass is 9.97. The lowest BCUT2D eigenvalue weighted by Gasteiger charge is -2.42. The molecule has 1 amide bonds. The summed E-state index contributed by atoms with van der Waals surface area (Å²) >= 11 is 0. The third-order valence-electron chi connectivity index (χ3n) is 4.01. The summed E-state index contributed by atoms with van der Waals surface area (Å²) in [5.74, 6) is -1.80. The predicted octanol–water partition coefficient (Wildman–Crippen LogP) is 1.27. The van der Waals surface area contributed by atoms with Crippen LogP contribution in [0, 0.1) is 0 Å². The first kappa shape index (κ1) is 21.8. The van der Waals surface area contributed by atoms with Crippen molar-refractivity contribution in [3.05, 3.63) is 35.9 Å². The van der Waals surface area contributed by atoms with Crippen molar-refractivity contribution in [2.45, 2.75) is 58.1 Å². The second kappa shape index (κ2) is 10.1. The molecule has 1 aromatic rings. The third-order valence-corrected chi connectivity index (χ3v) is 4.01. The number of hydrogen-bond acceptors (Lipinski definition) is 7. The van der Waals surface area contributed by atoms with E-state index in [4.69, 9.17) is 18.9 Å². The summed E-state index contributed by atoms with van der Waals surface area (Å²) in [4.78, 5) is 34.2. The lowest BCUT2D eigenvalue weighted by Crippen LogP contribution is -2.64. The number of ether oxygens (including phenoxy) is 4. The van der Waals surface area contributed by atoms with Gasteiger partial charge >= 0.3 is 11.9 Å². The number of halogens is 1. The van der Waals surface area contributed by atoms with Crippen molar-refractivity contribution in [1.82, 2.24) is 5.32 Å². The van der Waals surface area contributed by atoms with Crippen molar-refractivity contribution in [1.29, 1.82) is 0 Å². The highest BCUT2D eigenvalue weighted by atomic mass is 19.1. The van der Waals surface area contributed by atoms with Gasteiger partial charge in [-0.15, -0.1) is 0 Å². The first-order chi connectivity index (χ1) is 13.3. The zero-order valence-corrected chi connectivity index (χ0v) is 15.9. The van der Waals surface area contributed by atoms with E-state index in [2.05, 4.69) is 5.32 Å². The van der Waals surface area contributed by atoms with Crippen LogP contribution in [-0.4, -0.2) is 55.2 Å². The Kier molecular flexibility index (Phi) is 7.89. The van der Waals surface area contributed by atoms with Crippen LogP contribution in [0.3, 0.4) is 0 Å². The molecule has 28 heavy (non-hydrogen) atoms. The van der Waals surface area contributed by atoms with Gasteiger partial charge in [0.2, 0.25) is 5.91 Å². The molecule has 2 rings (SSSR count). The molecular formula is C19H24FNO7. The van der Waals surface area contributed by atoms with Crippen LogP contribution in [0.25, 0.3) is 0 Å². The first-order valence-corrected chi connectivity index (χ1v) is 8.80. The number of hydrogen-bond donors (Lipinski definition) is 1. The van der Waals surface area contributed by atoms with Gasteiger partial charge in [-0.3, -0.25) is 14.4 Å². The van der Waals surface area contributed by atoms with Gasteiger partial charge < -0.3 is 24.3 Å². The summed E-state index contributed by atoms with van der Waals surface area (Å²) in [5, 5.41) is 2.53. The summed E-state index contributed by atoms with van der Waals surface area (Å²) in [6, 6.07) is 8.08. The molecule has 0 aromatic heterocycles. The number of benzene rings is 1. The molecule has 0 aliphatic carbocycles. The van der Waals surface area contributed by atoms with E-state index in [-0.39, 0.29) is 13.2 Å². The fraction of sp³-hybridized carbons (Fsp3) is 0.526. The standard InChI is InChI=1S/C19H24FNO7/c1-11(22)21-17-18(27-13(3)24)16(20)15(10-25-12(2)23)28-19(17)26-9-14-7-5-4-6-8-14/h4-8,15-19H,9-10H2,1-3H3,(H,21,22)/t15-,16+,17-,18+,19+/m1/s1. The largest absolute Gasteiger partial charge is 0.463 e. The fourth-order valence-corrected chi connectivity index (χ4v) is 2.84. The summed E-state index contributed by atoms with van der Waals surface area (Å²) < 4.78 is 36.3. The monoisotopic (exact) mass is 397 g/mol. The van der Waals surface area contributed by atoms with Gasteiger partial charge in [0.25, 0.3) is 0 Å². The van der Waals surface area contributed by atoms with Crippen LogP contribution in [0.2, 0.25) is 0 Å². The van der Waals surface area contributed by atoms with Gasteiger partial charge in [0.15, 0.2) is 18.6 Å². The summed E-state index contributed by atoms with van der Waals surface area (Å²) in [7, 11) is 0. The molecule has 0 unspecified atom stereocenters. The molecule has 1 N–H and O–H groups in total. The van der Waals surface area contributed by atoms with Gasteiger partial charge in [-0.2, -0.15) is 0 Å². The molecule has 154 valence electrons. The van der Waals surface area contributed by atoms with Crippen LogP contribution in [-0.2, 0) is 39.9 Å². The van der Waals surface area contributed by atoms with Crippen LogP contribution in [0.1, 0.15) is 26.3 Å². The van der Waals surface area contributed by atoms with Crippen molar-refractivity contribution in [2.75, 3.05) is 6.61 Å². The number of rotatable bonds is 7. The Balaban J connectivity index is 2.22. The number of alkyl halides is 1. The highest BCUT2D eigenvalue weighted by molar-refractivity contribution is 5.73. The van der Waals surface area contributed by atoms with Crippen molar-refractivity contribution in [2.24, 2.45) is 0 Å². The van der Waals surface area contributed by atoms with Crippen LogP contribution in [0.5, 0.6) is 0 Å². The molecule has 9 heteroatoms. The SMILES string of the molecule is CC(=O)N[C@H]1[C@@H](OCc2ccccc2)O[C@H](COC(C)=O)[C@H](F)[C@@H]1OC(C)=O. The quantitative estimate of drug-likeness (QED) is 0.692.